The van der Waals surface area contributed by atoms with Crippen LogP contribution in [0.5, 0.6) is 0 Å². The van der Waals surface area contributed by atoms with Crippen molar-refractivity contribution in [2.45, 2.75) is 18.9 Å². The molecule has 2 saturated heterocycles. The van der Waals surface area contributed by atoms with Crippen LogP contribution in [0.15, 0.2) is 12.4 Å². The van der Waals surface area contributed by atoms with Crippen molar-refractivity contribution in [1.82, 2.24) is 19.8 Å². The number of ether oxygens (including phenoxy) is 1. The molecule has 2 amide bonds. The van der Waals surface area contributed by atoms with E-state index in [1.165, 1.54) is 0 Å². The number of carbonyl (C=O) groups is 2. The molecule has 0 radical (unpaired) electrons. The van der Waals surface area contributed by atoms with Gasteiger partial charge in [0, 0.05) is 51.7 Å². The van der Waals surface area contributed by atoms with Gasteiger partial charge in [0.15, 0.2) is 0 Å². The number of piperazine rings is 1. The third-order valence-electron chi connectivity index (χ3n) is 4.16. The van der Waals surface area contributed by atoms with Gasteiger partial charge in [-0.1, -0.05) is 0 Å². The largest absolute Gasteiger partial charge is 0.376 e. The van der Waals surface area contributed by atoms with Crippen LogP contribution >= 0.6 is 0 Å². The molecule has 1 N–H and O–H groups in total. The molecule has 2 aliphatic rings. The summed E-state index contributed by atoms with van der Waals surface area (Å²) in [7, 11) is 0. The van der Waals surface area contributed by atoms with Gasteiger partial charge in [0.1, 0.15) is 0 Å². The maximum atomic E-state index is 12.4. The fourth-order valence-corrected chi connectivity index (χ4v) is 2.75. The maximum absolute atomic E-state index is 12.4. The van der Waals surface area contributed by atoms with Crippen LogP contribution in [0.2, 0.25) is 0 Å². The Morgan fingerprint density at radius 2 is 2.04 bits per heavy atom. The van der Waals surface area contributed by atoms with Gasteiger partial charge in [0.2, 0.25) is 12.4 Å². The minimum atomic E-state index is -0.0961. The van der Waals surface area contributed by atoms with E-state index in [0.717, 1.165) is 25.9 Å². The van der Waals surface area contributed by atoms with Gasteiger partial charge in [0.05, 0.1) is 11.7 Å². The molecule has 2 fully saturated rings. The predicted molar refractivity (Wildman–Crippen MR) is 83.0 cm³/mol. The van der Waals surface area contributed by atoms with Crippen molar-refractivity contribution < 1.29 is 14.3 Å². The lowest BCUT2D eigenvalue weighted by molar-refractivity contribution is -0.119. The Morgan fingerprint density at radius 1 is 1.30 bits per heavy atom. The molecule has 1 aromatic rings. The van der Waals surface area contributed by atoms with Crippen LogP contribution in [0.4, 0.5) is 5.95 Å². The molecular weight excluding hydrogens is 298 g/mol. The summed E-state index contributed by atoms with van der Waals surface area (Å²) in [5.41, 5.74) is 0.465. The van der Waals surface area contributed by atoms with E-state index in [-0.39, 0.29) is 12.0 Å². The number of hydrogen-bond donors (Lipinski definition) is 1. The van der Waals surface area contributed by atoms with Crippen LogP contribution in [-0.4, -0.2) is 77.5 Å². The number of nitrogens with zero attached hydrogens (tertiary/aromatic N) is 4. The third kappa shape index (κ3) is 3.95. The summed E-state index contributed by atoms with van der Waals surface area (Å²) in [4.78, 5) is 34.8. The SMILES string of the molecule is O=CN1CCN(C(=O)c2cnc(NCC3CCCO3)nc2)CC1. The Labute approximate surface area is 134 Å². The summed E-state index contributed by atoms with van der Waals surface area (Å²) >= 11 is 0. The van der Waals surface area contributed by atoms with Crippen molar-refractivity contribution in [1.29, 1.82) is 0 Å². The van der Waals surface area contributed by atoms with E-state index in [0.29, 0.717) is 44.2 Å². The Kier molecular flexibility index (Phi) is 5.02. The molecule has 3 rings (SSSR count). The van der Waals surface area contributed by atoms with Crippen molar-refractivity contribution in [3.63, 3.8) is 0 Å². The lowest BCUT2D eigenvalue weighted by Crippen LogP contribution is -2.48. The molecule has 2 aliphatic heterocycles. The molecule has 8 nitrogen and oxygen atoms in total. The molecule has 3 heterocycles. The van der Waals surface area contributed by atoms with Gasteiger partial charge in [-0.05, 0) is 12.8 Å². The number of hydrogen-bond acceptors (Lipinski definition) is 6. The van der Waals surface area contributed by atoms with Crippen LogP contribution in [0.3, 0.4) is 0 Å². The quantitative estimate of drug-likeness (QED) is 0.768. The molecule has 0 saturated carbocycles. The second-order valence-corrected chi connectivity index (χ2v) is 5.74. The Morgan fingerprint density at radius 3 is 2.65 bits per heavy atom. The van der Waals surface area contributed by atoms with Crippen LogP contribution in [0.1, 0.15) is 23.2 Å². The molecule has 0 aliphatic carbocycles. The van der Waals surface area contributed by atoms with E-state index < -0.39 is 0 Å². The first-order chi connectivity index (χ1) is 11.3. The lowest BCUT2D eigenvalue weighted by Gasteiger charge is -2.32. The van der Waals surface area contributed by atoms with Crippen molar-refractivity contribution in [2.24, 2.45) is 0 Å². The minimum Gasteiger partial charge on any atom is -0.376 e. The summed E-state index contributed by atoms with van der Waals surface area (Å²) in [6.07, 6.45) is 6.26. The average molecular weight is 319 g/mol. The van der Waals surface area contributed by atoms with Crippen molar-refractivity contribution in [3.05, 3.63) is 18.0 Å². The molecule has 1 aromatic heterocycles. The van der Waals surface area contributed by atoms with Gasteiger partial charge in [-0.2, -0.15) is 0 Å². The van der Waals surface area contributed by atoms with Gasteiger partial charge in [-0.3, -0.25) is 9.59 Å². The Hall–Kier alpha value is -2.22. The average Bonchev–Trinajstić information content (AvgIpc) is 3.13. The van der Waals surface area contributed by atoms with Crippen LogP contribution in [-0.2, 0) is 9.53 Å². The fraction of sp³-hybridized carbons (Fsp3) is 0.600. The van der Waals surface area contributed by atoms with E-state index >= 15 is 0 Å². The van der Waals surface area contributed by atoms with Crippen LogP contribution in [0.25, 0.3) is 0 Å². The molecule has 1 unspecified atom stereocenters. The van der Waals surface area contributed by atoms with E-state index in [2.05, 4.69) is 15.3 Å². The number of aromatic nitrogens is 2. The number of rotatable bonds is 5. The second kappa shape index (κ2) is 7.36. The number of nitrogens with one attached hydrogen (secondary N) is 1. The number of amides is 2. The van der Waals surface area contributed by atoms with E-state index in [9.17, 15) is 9.59 Å². The van der Waals surface area contributed by atoms with E-state index in [4.69, 9.17) is 4.74 Å². The summed E-state index contributed by atoms with van der Waals surface area (Å²) in [6, 6.07) is 0. The van der Waals surface area contributed by atoms with Crippen molar-refractivity contribution in [2.75, 3.05) is 44.6 Å². The zero-order valence-corrected chi connectivity index (χ0v) is 13.0. The van der Waals surface area contributed by atoms with Gasteiger partial charge in [-0.15, -0.1) is 0 Å². The van der Waals surface area contributed by atoms with Crippen LogP contribution < -0.4 is 5.32 Å². The highest BCUT2D eigenvalue weighted by atomic mass is 16.5. The van der Waals surface area contributed by atoms with Crippen molar-refractivity contribution >= 4 is 18.3 Å². The molecule has 0 spiro atoms. The third-order valence-corrected chi connectivity index (χ3v) is 4.16. The lowest BCUT2D eigenvalue weighted by atomic mass is 10.2. The summed E-state index contributed by atoms with van der Waals surface area (Å²) < 4.78 is 5.53. The molecule has 124 valence electrons. The number of carbonyl (C=O) groups excluding carboxylic acids is 2. The highest BCUT2D eigenvalue weighted by Gasteiger charge is 2.22. The van der Waals surface area contributed by atoms with E-state index in [1.54, 1.807) is 22.2 Å². The normalized spacial score (nSPS) is 21.3. The zero-order chi connectivity index (χ0) is 16.1. The summed E-state index contributed by atoms with van der Waals surface area (Å²) in [5.74, 6) is 0.407. The number of anilines is 1. The van der Waals surface area contributed by atoms with E-state index in [1.807, 2.05) is 0 Å². The predicted octanol–water partition coefficient (Wildman–Crippen LogP) is -0.0183. The van der Waals surface area contributed by atoms with Gasteiger partial charge in [-0.25, -0.2) is 9.97 Å². The molecule has 1 atom stereocenters. The molecule has 0 aromatic carbocycles. The molecule has 0 bridgehead atoms. The smallest absolute Gasteiger partial charge is 0.257 e. The molecular formula is C15H21N5O3. The Bertz CT molecular complexity index is 537. The van der Waals surface area contributed by atoms with Crippen LogP contribution in [0, 0.1) is 0 Å². The fourth-order valence-electron chi connectivity index (χ4n) is 2.75. The monoisotopic (exact) mass is 319 g/mol. The second-order valence-electron chi connectivity index (χ2n) is 5.74. The zero-order valence-electron chi connectivity index (χ0n) is 13.0. The van der Waals surface area contributed by atoms with Gasteiger partial charge >= 0.3 is 0 Å². The molecule has 8 heteroatoms. The standard InChI is InChI=1S/C15H21N5O3/c21-11-19-3-5-20(6-4-19)14(22)12-8-16-15(17-9-12)18-10-13-2-1-7-23-13/h8-9,11,13H,1-7,10H2,(H,16,17,18). The highest BCUT2D eigenvalue weighted by molar-refractivity contribution is 5.93. The minimum absolute atomic E-state index is 0.0961. The van der Waals surface area contributed by atoms with Gasteiger partial charge in [0.25, 0.3) is 5.91 Å². The highest BCUT2D eigenvalue weighted by Crippen LogP contribution is 2.12. The van der Waals surface area contributed by atoms with Gasteiger partial charge < -0.3 is 19.9 Å². The van der Waals surface area contributed by atoms with Crippen molar-refractivity contribution in [3.8, 4) is 0 Å². The molecule has 23 heavy (non-hydrogen) atoms. The first-order valence-electron chi connectivity index (χ1n) is 7.92. The maximum Gasteiger partial charge on any atom is 0.257 e. The topological polar surface area (TPSA) is 87.7 Å². The summed E-state index contributed by atoms with van der Waals surface area (Å²) in [6.45, 7) is 3.71. The Balaban J connectivity index is 1.52. The summed E-state index contributed by atoms with van der Waals surface area (Å²) in [5, 5.41) is 3.13. The first-order valence-corrected chi connectivity index (χ1v) is 7.92. The first kappa shape index (κ1) is 15.7.